The van der Waals surface area contributed by atoms with Crippen molar-refractivity contribution in [2.24, 2.45) is 11.7 Å². The second kappa shape index (κ2) is 6.25. The van der Waals surface area contributed by atoms with Crippen molar-refractivity contribution in [1.82, 2.24) is 4.90 Å². The highest BCUT2D eigenvalue weighted by molar-refractivity contribution is 8.00. The van der Waals surface area contributed by atoms with E-state index in [9.17, 15) is 9.59 Å². The standard InChI is InChI=1S/C11H20N2O2S/c1-3-4-13-10(14)5-9(11(13)15)16-7-8(2)6-12/h8-9H,3-7,12H2,1-2H3. The van der Waals surface area contributed by atoms with Gasteiger partial charge in [-0.15, -0.1) is 11.8 Å². The van der Waals surface area contributed by atoms with E-state index in [1.807, 2.05) is 6.92 Å². The molecule has 1 rings (SSSR count). The van der Waals surface area contributed by atoms with E-state index in [4.69, 9.17) is 5.73 Å². The van der Waals surface area contributed by atoms with E-state index in [2.05, 4.69) is 6.92 Å². The van der Waals surface area contributed by atoms with E-state index in [0.717, 1.165) is 12.2 Å². The fourth-order valence-corrected chi connectivity index (χ4v) is 2.82. The molecule has 1 saturated heterocycles. The Labute approximate surface area is 101 Å². The summed E-state index contributed by atoms with van der Waals surface area (Å²) in [7, 11) is 0. The smallest absolute Gasteiger partial charge is 0.242 e. The molecular weight excluding hydrogens is 224 g/mol. The van der Waals surface area contributed by atoms with Gasteiger partial charge in [-0.2, -0.15) is 0 Å². The minimum Gasteiger partial charge on any atom is -0.330 e. The van der Waals surface area contributed by atoms with Crippen molar-refractivity contribution >= 4 is 23.6 Å². The van der Waals surface area contributed by atoms with Crippen LogP contribution >= 0.6 is 11.8 Å². The molecule has 0 spiro atoms. The zero-order valence-corrected chi connectivity index (χ0v) is 10.8. The molecule has 0 bridgehead atoms. The van der Waals surface area contributed by atoms with Gasteiger partial charge in [0, 0.05) is 13.0 Å². The number of nitrogens with two attached hydrogens (primary N) is 1. The summed E-state index contributed by atoms with van der Waals surface area (Å²) in [6.07, 6.45) is 1.19. The van der Waals surface area contributed by atoms with Gasteiger partial charge in [0.2, 0.25) is 11.8 Å². The first-order valence-corrected chi connectivity index (χ1v) is 6.80. The number of hydrogen-bond acceptors (Lipinski definition) is 4. The van der Waals surface area contributed by atoms with Gasteiger partial charge in [0.15, 0.2) is 0 Å². The molecule has 2 atom stereocenters. The number of rotatable bonds is 6. The summed E-state index contributed by atoms with van der Waals surface area (Å²) in [4.78, 5) is 24.8. The molecule has 16 heavy (non-hydrogen) atoms. The summed E-state index contributed by atoms with van der Waals surface area (Å²) in [5.74, 6) is 1.21. The van der Waals surface area contributed by atoms with Crippen LogP contribution in [0.2, 0.25) is 0 Å². The maximum atomic E-state index is 11.9. The van der Waals surface area contributed by atoms with Crippen LogP contribution in [0.5, 0.6) is 0 Å². The average Bonchev–Trinajstić information content (AvgIpc) is 2.54. The summed E-state index contributed by atoms with van der Waals surface area (Å²) in [6, 6.07) is 0. The lowest BCUT2D eigenvalue weighted by Gasteiger charge is -2.14. The predicted octanol–water partition coefficient (Wildman–Crippen LogP) is 0.852. The quantitative estimate of drug-likeness (QED) is 0.704. The number of imide groups is 1. The van der Waals surface area contributed by atoms with E-state index in [1.54, 1.807) is 11.8 Å². The van der Waals surface area contributed by atoms with Gasteiger partial charge in [-0.25, -0.2) is 0 Å². The molecular formula is C11H20N2O2S. The number of likely N-dealkylation sites (tertiary alicyclic amines) is 1. The van der Waals surface area contributed by atoms with Gasteiger partial charge >= 0.3 is 0 Å². The predicted molar refractivity (Wildman–Crippen MR) is 66.1 cm³/mol. The van der Waals surface area contributed by atoms with Crippen LogP contribution in [0.15, 0.2) is 0 Å². The number of carbonyl (C=O) groups excluding carboxylic acids is 2. The molecule has 1 aliphatic rings. The van der Waals surface area contributed by atoms with Crippen molar-refractivity contribution < 1.29 is 9.59 Å². The third kappa shape index (κ3) is 3.22. The van der Waals surface area contributed by atoms with E-state index in [-0.39, 0.29) is 17.1 Å². The second-order valence-electron chi connectivity index (χ2n) is 4.25. The summed E-state index contributed by atoms with van der Waals surface area (Å²) >= 11 is 1.57. The summed E-state index contributed by atoms with van der Waals surface area (Å²) in [5, 5.41) is -0.173. The molecule has 0 aliphatic carbocycles. The van der Waals surface area contributed by atoms with Gasteiger partial charge in [0.25, 0.3) is 0 Å². The first-order valence-electron chi connectivity index (χ1n) is 5.76. The molecule has 0 radical (unpaired) electrons. The summed E-state index contributed by atoms with van der Waals surface area (Å²) in [6.45, 7) is 5.21. The van der Waals surface area contributed by atoms with Crippen LogP contribution in [-0.2, 0) is 9.59 Å². The number of carbonyl (C=O) groups is 2. The van der Waals surface area contributed by atoms with Crippen molar-refractivity contribution in [3.8, 4) is 0 Å². The second-order valence-corrected chi connectivity index (χ2v) is 5.49. The van der Waals surface area contributed by atoms with Crippen LogP contribution in [0.4, 0.5) is 0 Å². The fraction of sp³-hybridized carbons (Fsp3) is 0.818. The van der Waals surface area contributed by atoms with Crippen molar-refractivity contribution in [2.45, 2.75) is 31.9 Å². The van der Waals surface area contributed by atoms with Crippen LogP contribution in [0, 0.1) is 5.92 Å². The number of nitrogens with zero attached hydrogens (tertiary/aromatic N) is 1. The summed E-state index contributed by atoms with van der Waals surface area (Å²) < 4.78 is 0. The Morgan fingerprint density at radius 1 is 1.56 bits per heavy atom. The van der Waals surface area contributed by atoms with Gasteiger partial charge < -0.3 is 5.73 Å². The maximum Gasteiger partial charge on any atom is 0.242 e. The van der Waals surface area contributed by atoms with Gasteiger partial charge in [-0.05, 0) is 24.6 Å². The minimum absolute atomic E-state index is 0.0129. The van der Waals surface area contributed by atoms with Crippen LogP contribution < -0.4 is 5.73 Å². The largest absolute Gasteiger partial charge is 0.330 e. The van der Waals surface area contributed by atoms with Crippen molar-refractivity contribution in [3.05, 3.63) is 0 Å². The molecule has 0 aromatic rings. The number of thioether (sulfide) groups is 1. The monoisotopic (exact) mass is 244 g/mol. The highest BCUT2D eigenvalue weighted by atomic mass is 32.2. The van der Waals surface area contributed by atoms with Crippen LogP contribution in [-0.4, -0.2) is 40.8 Å². The molecule has 4 nitrogen and oxygen atoms in total. The molecule has 5 heteroatoms. The molecule has 1 heterocycles. The Morgan fingerprint density at radius 2 is 2.25 bits per heavy atom. The van der Waals surface area contributed by atoms with Crippen LogP contribution in [0.1, 0.15) is 26.7 Å². The Kier molecular flexibility index (Phi) is 5.28. The highest BCUT2D eigenvalue weighted by Crippen LogP contribution is 2.26. The van der Waals surface area contributed by atoms with Gasteiger partial charge in [-0.1, -0.05) is 13.8 Å². The lowest BCUT2D eigenvalue weighted by atomic mass is 10.2. The molecule has 0 aromatic heterocycles. The summed E-state index contributed by atoms with van der Waals surface area (Å²) in [5.41, 5.74) is 5.52. The Balaban J connectivity index is 2.46. The van der Waals surface area contributed by atoms with Crippen molar-refractivity contribution in [1.29, 1.82) is 0 Å². The van der Waals surface area contributed by atoms with Gasteiger partial charge in [-0.3, -0.25) is 14.5 Å². The normalized spacial score (nSPS) is 22.9. The molecule has 1 fully saturated rings. The van der Waals surface area contributed by atoms with Gasteiger partial charge in [0.1, 0.15) is 0 Å². The van der Waals surface area contributed by atoms with Crippen molar-refractivity contribution in [3.63, 3.8) is 0 Å². The molecule has 2 unspecified atom stereocenters. The van der Waals surface area contributed by atoms with E-state index < -0.39 is 0 Å². The molecule has 2 N–H and O–H groups in total. The third-order valence-electron chi connectivity index (χ3n) is 2.63. The third-order valence-corrected chi connectivity index (χ3v) is 4.17. The molecule has 92 valence electrons. The lowest BCUT2D eigenvalue weighted by molar-refractivity contribution is -0.138. The first-order chi connectivity index (χ1) is 7.60. The first kappa shape index (κ1) is 13.5. The fourth-order valence-electron chi connectivity index (χ4n) is 1.59. The van der Waals surface area contributed by atoms with Crippen LogP contribution in [0.25, 0.3) is 0 Å². The molecule has 0 aromatic carbocycles. The topological polar surface area (TPSA) is 63.4 Å². The zero-order valence-electron chi connectivity index (χ0n) is 9.94. The van der Waals surface area contributed by atoms with E-state index >= 15 is 0 Å². The van der Waals surface area contributed by atoms with E-state index in [1.165, 1.54) is 4.90 Å². The number of amides is 2. The van der Waals surface area contributed by atoms with Gasteiger partial charge in [0.05, 0.1) is 5.25 Å². The highest BCUT2D eigenvalue weighted by Gasteiger charge is 2.38. The zero-order chi connectivity index (χ0) is 12.1. The van der Waals surface area contributed by atoms with E-state index in [0.29, 0.717) is 25.4 Å². The number of hydrogen-bond donors (Lipinski definition) is 1. The minimum atomic E-state index is -0.173. The average molecular weight is 244 g/mol. The van der Waals surface area contributed by atoms with Crippen LogP contribution in [0.3, 0.4) is 0 Å². The Hall–Kier alpha value is -0.550. The molecule has 2 amide bonds. The lowest BCUT2D eigenvalue weighted by Crippen LogP contribution is -2.32. The Morgan fingerprint density at radius 3 is 2.81 bits per heavy atom. The maximum absolute atomic E-state index is 11.9. The SMILES string of the molecule is CCCN1C(=O)CC(SCC(C)CN)C1=O. The Bertz CT molecular complexity index is 271. The molecule has 1 aliphatic heterocycles. The molecule has 0 saturated carbocycles. The van der Waals surface area contributed by atoms with Crippen molar-refractivity contribution in [2.75, 3.05) is 18.8 Å².